The van der Waals surface area contributed by atoms with Crippen LogP contribution in [-0.4, -0.2) is 21.0 Å². The maximum atomic E-state index is 12.7. The summed E-state index contributed by atoms with van der Waals surface area (Å²) in [6, 6.07) is 6.15. The molecule has 1 aromatic carbocycles. The van der Waals surface area contributed by atoms with Gasteiger partial charge in [0.05, 0.1) is 12.1 Å². The maximum absolute atomic E-state index is 12.7. The van der Waals surface area contributed by atoms with Crippen molar-refractivity contribution >= 4 is 5.97 Å². The lowest BCUT2D eigenvalue weighted by molar-refractivity contribution is -0.136. The molecule has 5 heteroatoms. The first-order valence-corrected chi connectivity index (χ1v) is 5.55. The fourth-order valence-electron chi connectivity index (χ4n) is 1.76. The van der Waals surface area contributed by atoms with E-state index in [9.17, 15) is 9.18 Å². The van der Waals surface area contributed by atoms with Crippen molar-refractivity contribution in [1.29, 1.82) is 0 Å². The Labute approximate surface area is 103 Å². The van der Waals surface area contributed by atoms with Crippen LogP contribution in [0, 0.1) is 12.7 Å². The van der Waals surface area contributed by atoms with Crippen molar-refractivity contribution in [3.8, 4) is 0 Å². The Morgan fingerprint density at radius 1 is 1.39 bits per heavy atom. The molecule has 0 aliphatic rings. The number of hydrogen-bond donors (Lipinski definition) is 2. The van der Waals surface area contributed by atoms with Crippen LogP contribution < -0.4 is 0 Å². The summed E-state index contributed by atoms with van der Waals surface area (Å²) in [5.74, 6) is -0.491. The summed E-state index contributed by atoms with van der Waals surface area (Å²) < 4.78 is 12.7. The number of carbonyl (C=O) groups is 1. The summed E-state index contributed by atoms with van der Waals surface area (Å²) in [6.07, 6.45) is 0.437. The molecule has 0 atom stereocenters. The highest BCUT2D eigenvalue weighted by atomic mass is 19.1. The zero-order valence-electron chi connectivity index (χ0n) is 9.90. The summed E-state index contributed by atoms with van der Waals surface area (Å²) in [6.45, 7) is 1.79. The Hall–Kier alpha value is -2.17. The molecule has 0 saturated carbocycles. The van der Waals surface area contributed by atoms with Crippen molar-refractivity contribution in [3.63, 3.8) is 0 Å². The minimum absolute atomic E-state index is 0.0915. The zero-order valence-corrected chi connectivity index (χ0v) is 9.90. The standard InChI is InChI=1S/C13H13FN2O2/c1-8-11(7-13(17)18)16-12(15-8)6-9-2-4-10(14)5-3-9/h2-5H,6-7H2,1H3,(H,15,16)(H,17,18). The third-order valence-electron chi connectivity index (χ3n) is 2.64. The molecule has 0 spiro atoms. The summed E-state index contributed by atoms with van der Waals surface area (Å²) in [7, 11) is 0. The number of H-pyrrole nitrogens is 1. The molecule has 0 unspecified atom stereocenters. The van der Waals surface area contributed by atoms with Gasteiger partial charge < -0.3 is 10.1 Å². The summed E-state index contributed by atoms with van der Waals surface area (Å²) in [4.78, 5) is 17.9. The van der Waals surface area contributed by atoms with E-state index in [-0.39, 0.29) is 12.2 Å². The van der Waals surface area contributed by atoms with E-state index in [1.54, 1.807) is 19.1 Å². The molecule has 2 N–H and O–H groups in total. The molecule has 4 nitrogen and oxygen atoms in total. The van der Waals surface area contributed by atoms with Gasteiger partial charge in [0, 0.05) is 12.1 Å². The molecule has 0 fully saturated rings. The Balaban J connectivity index is 2.14. The lowest BCUT2D eigenvalue weighted by atomic mass is 10.1. The minimum Gasteiger partial charge on any atom is -0.481 e. The number of aromatic nitrogens is 2. The van der Waals surface area contributed by atoms with Gasteiger partial charge in [-0.3, -0.25) is 4.79 Å². The topological polar surface area (TPSA) is 66.0 Å². The van der Waals surface area contributed by atoms with E-state index in [0.717, 1.165) is 11.3 Å². The first kappa shape index (κ1) is 12.3. The van der Waals surface area contributed by atoms with Crippen LogP contribution in [-0.2, 0) is 17.6 Å². The zero-order chi connectivity index (χ0) is 13.1. The number of hydrogen-bond acceptors (Lipinski definition) is 2. The number of carboxylic acids is 1. The van der Waals surface area contributed by atoms with Crippen LogP contribution in [0.25, 0.3) is 0 Å². The van der Waals surface area contributed by atoms with E-state index in [0.29, 0.717) is 17.9 Å². The second-order valence-electron chi connectivity index (χ2n) is 4.13. The van der Waals surface area contributed by atoms with Crippen molar-refractivity contribution in [1.82, 2.24) is 9.97 Å². The Morgan fingerprint density at radius 3 is 2.67 bits per heavy atom. The summed E-state index contributed by atoms with van der Waals surface area (Å²) >= 11 is 0. The fourth-order valence-corrected chi connectivity index (χ4v) is 1.76. The molecule has 0 radical (unpaired) electrons. The number of carboxylic acid groups (broad SMARTS) is 1. The first-order valence-electron chi connectivity index (χ1n) is 5.55. The summed E-state index contributed by atoms with van der Waals surface area (Å²) in [5.41, 5.74) is 2.22. The predicted octanol–water partition coefficient (Wildman–Crippen LogP) is 2.08. The normalized spacial score (nSPS) is 10.6. The Kier molecular flexibility index (Phi) is 3.41. The van der Waals surface area contributed by atoms with E-state index >= 15 is 0 Å². The van der Waals surface area contributed by atoms with E-state index in [1.165, 1.54) is 12.1 Å². The van der Waals surface area contributed by atoms with Crippen LogP contribution in [0.2, 0.25) is 0 Å². The first-order chi connectivity index (χ1) is 8.54. The monoisotopic (exact) mass is 248 g/mol. The number of aliphatic carboxylic acids is 1. The average molecular weight is 248 g/mol. The van der Waals surface area contributed by atoms with E-state index < -0.39 is 5.97 Å². The Bertz CT molecular complexity index is 561. The number of halogens is 1. The van der Waals surface area contributed by atoms with Gasteiger partial charge in [0.15, 0.2) is 0 Å². The molecule has 0 bridgehead atoms. The molecule has 1 heterocycles. The highest BCUT2D eigenvalue weighted by molar-refractivity contribution is 5.69. The third kappa shape index (κ3) is 2.94. The average Bonchev–Trinajstić information content (AvgIpc) is 2.62. The van der Waals surface area contributed by atoms with Crippen molar-refractivity contribution in [2.75, 3.05) is 0 Å². The molecule has 0 aliphatic heterocycles. The van der Waals surface area contributed by atoms with E-state index in [2.05, 4.69) is 9.97 Å². The van der Waals surface area contributed by atoms with Gasteiger partial charge in [-0.15, -0.1) is 0 Å². The van der Waals surface area contributed by atoms with E-state index in [4.69, 9.17) is 5.11 Å². The quantitative estimate of drug-likeness (QED) is 0.870. The van der Waals surface area contributed by atoms with Gasteiger partial charge in [-0.05, 0) is 24.6 Å². The number of benzene rings is 1. The number of imidazole rings is 1. The second kappa shape index (κ2) is 5.00. The van der Waals surface area contributed by atoms with Crippen LogP contribution in [0.15, 0.2) is 24.3 Å². The van der Waals surface area contributed by atoms with Crippen LogP contribution in [0.1, 0.15) is 22.8 Å². The second-order valence-corrected chi connectivity index (χ2v) is 4.13. The highest BCUT2D eigenvalue weighted by Gasteiger charge is 2.10. The Morgan fingerprint density at radius 2 is 2.06 bits per heavy atom. The van der Waals surface area contributed by atoms with Gasteiger partial charge in [0.25, 0.3) is 0 Å². The number of aryl methyl sites for hydroxylation is 1. The van der Waals surface area contributed by atoms with Gasteiger partial charge in [-0.1, -0.05) is 12.1 Å². The molecule has 18 heavy (non-hydrogen) atoms. The fraction of sp³-hybridized carbons (Fsp3) is 0.231. The summed E-state index contributed by atoms with van der Waals surface area (Å²) in [5, 5.41) is 8.73. The van der Waals surface area contributed by atoms with Crippen molar-refractivity contribution < 1.29 is 14.3 Å². The molecule has 1 aromatic heterocycles. The van der Waals surface area contributed by atoms with Crippen molar-refractivity contribution in [2.24, 2.45) is 0 Å². The van der Waals surface area contributed by atoms with Crippen molar-refractivity contribution in [3.05, 3.63) is 52.9 Å². The number of aromatic amines is 1. The predicted molar refractivity (Wildman–Crippen MR) is 63.9 cm³/mol. The SMILES string of the molecule is Cc1[nH]c(Cc2ccc(F)cc2)nc1CC(=O)O. The largest absolute Gasteiger partial charge is 0.481 e. The van der Waals surface area contributed by atoms with E-state index in [1.807, 2.05) is 0 Å². The number of nitrogens with zero attached hydrogens (tertiary/aromatic N) is 1. The lowest BCUT2D eigenvalue weighted by Crippen LogP contribution is -2.01. The van der Waals surface area contributed by atoms with Crippen LogP contribution in [0.5, 0.6) is 0 Å². The van der Waals surface area contributed by atoms with Crippen LogP contribution in [0.3, 0.4) is 0 Å². The molecule has 0 aliphatic carbocycles. The molecular formula is C13H13FN2O2. The number of rotatable bonds is 4. The van der Waals surface area contributed by atoms with Crippen LogP contribution in [0.4, 0.5) is 4.39 Å². The molecule has 0 saturated heterocycles. The molecular weight excluding hydrogens is 235 g/mol. The molecule has 2 aromatic rings. The minimum atomic E-state index is -0.905. The van der Waals surface area contributed by atoms with Crippen LogP contribution >= 0.6 is 0 Å². The van der Waals surface area contributed by atoms with Gasteiger partial charge in [-0.25, -0.2) is 9.37 Å². The van der Waals surface area contributed by atoms with Gasteiger partial charge in [-0.2, -0.15) is 0 Å². The number of nitrogens with one attached hydrogen (secondary N) is 1. The molecule has 94 valence electrons. The van der Waals surface area contributed by atoms with Gasteiger partial charge in [0.2, 0.25) is 0 Å². The van der Waals surface area contributed by atoms with Gasteiger partial charge >= 0.3 is 5.97 Å². The highest BCUT2D eigenvalue weighted by Crippen LogP contribution is 2.11. The molecule has 2 rings (SSSR count). The molecule has 0 amide bonds. The maximum Gasteiger partial charge on any atom is 0.309 e. The smallest absolute Gasteiger partial charge is 0.309 e. The van der Waals surface area contributed by atoms with Gasteiger partial charge in [0.1, 0.15) is 11.6 Å². The lowest BCUT2D eigenvalue weighted by Gasteiger charge is -1.97. The third-order valence-corrected chi connectivity index (χ3v) is 2.64. The van der Waals surface area contributed by atoms with Crippen molar-refractivity contribution in [2.45, 2.75) is 19.8 Å².